The summed E-state index contributed by atoms with van der Waals surface area (Å²) in [6, 6.07) is 3.76. The Bertz CT molecular complexity index is 382. The molecule has 0 aliphatic heterocycles. The molecule has 1 aromatic carbocycles. The lowest BCUT2D eigenvalue weighted by Gasteiger charge is -2.11. The minimum absolute atomic E-state index is 0.164. The highest BCUT2D eigenvalue weighted by atomic mass is 35.5. The number of benzene rings is 1. The summed E-state index contributed by atoms with van der Waals surface area (Å²) in [4.78, 5) is 10.0. The van der Waals surface area contributed by atoms with Gasteiger partial charge in [-0.15, -0.1) is 13.2 Å². The maximum Gasteiger partial charge on any atom is 0.573 e. The Hall–Kier alpha value is -1.43. The van der Waals surface area contributed by atoms with Crippen LogP contribution in [0.2, 0.25) is 5.02 Å². The van der Waals surface area contributed by atoms with Crippen LogP contribution in [-0.2, 0) is 11.3 Å². The van der Waals surface area contributed by atoms with Crippen molar-refractivity contribution < 1.29 is 22.7 Å². The van der Waals surface area contributed by atoms with E-state index in [-0.39, 0.29) is 11.6 Å². The number of carbonyl (C=O) groups is 1. The predicted molar refractivity (Wildman–Crippen MR) is 51.0 cm³/mol. The second-order valence-corrected chi connectivity index (χ2v) is 3.22. The van der Waals surface area contributed by atoms with Crippen LogP contribution in [0.3, 0.4) is 0 Å². The number of ether oxygens (including phenoxy) is 1. The zero-order valence-electron chi connectivity index (χ0n) is 7.84. The lowest BCUT2D eigenvalue weighted by molar-refractivity contribution is -0.274. The van der Waals surface area contributed by atoms with Gasteiger partial charge in [-0.25, -0.2) is 0 Å². The SMILES string of the molecule is O=CNCc1ccc(OC(F)(F)F)c(Cl)c1. The largest absolute Gasteiger partial charge is 0.573 e. The summed E-state index contributed by atoms with van der Waals surface area (Å²) in [5.74, 6) is -0.469. The Balaban J connectivity index is 2.79. The lowest BCUT2D eigenvalue weighted by atomic mass is 10.2. The fraction of sp³-hybridized carbons (Fsp3) is 0.222. The van der Waals surface area contributed by atoms with Crippen LogP contribution in [0.5, 0.6) is 5.75 Å². The maximum atomic E-state index is 11.9. The van der Waals surface area contributed by atoms with E-state index in [0.717, 1.165) is 6.07 Å². The first-order valence-electron chi connectivity index (χ1n) is 4.13. The zero-order chi connectivity index (χ0) is 12.2. The van der Waals surface area contributed by atoms with Gasteiger partial charge in [0.1, 0.15) is 5.75 Å². The summed E-state index contributed by atoms with van der Waals surface area (Å²) in [5.41, 5.74) is 0.576. The first kappa shape index (κ1) is 12.6. The van der Waals surface area contributed by atoms with E-state index in [2.05, 4.69) is 10.1 Å². The molecule has 0 spiro atoms. The van der Waals surface area contributed by atoms with Crippen LogP contribution in [0.4, 0.5) is 13.2 Å². The number of halogens is 4. The van der Waals surface area contributed by atoms with E-state index in [4.69, 9.17) is 11.6 Å². The van der Waals surface area contributed by atoms with Gasteiger partial charge in [-0.1, -0.05) is 17.7 Å². The van der Waals surface area contributed by atoms with Gasteiger partial charge in [-0.3, -0.25) is 4.79 Å². The van der Waals surface area contributed by atoms with Gasteiger partial charge in [0.2, 0.25) is 6.41 Å². The molecule has 0 unspecified atom stereocenters. The Morgan fingerprint density at radius 2 is 2.12 bits per heavy atom. The molecule has 0 radical (unpaired) electrons. The second kappa shape index (κ2) is 5.07. The van der Waals surface area contributed by atoms with Crippen molar-refractivity contribution in [3.05, 3.63) is 28.8 Å². The van der Waals surface area contributed by atoms with Crippen LogP contribution in [0.15, 0.2) is 18.2 Å². The van der Waals surface area contributed by atoms with Crippen molar-refractivity contribution >= 4 is 18.0 Å². The molecular weight excluding hydrogens is 247 g/mol. The standard InChI is InChI=1S/C9H7ClF3NO2/c10-7-3-6(4-14-5-15)1-2-8(7)16-9(11,12)13/h1-3,5H,4H2,(H,14,15). The minimum Gasteiger partial charge on any atom is -0.404 e. The molecular formula is C9H7ClF3NO2. The molecule has 3 nitrogen and oxygen atoms in total. The molecule has 0 fully saturated rings. The molecule has 0 bridgehead atoms. The summed E-state index contributed by atoms with van der Waals surface area (Å²) in [6.07, 6.45) is -4.29. The molecule has 0 saturated carbocycles. The Labute approximate surface area is 94.2 Å². The van der Waals surface area contributed by atoms with E-state index in [1.807, 2.05) is 0 Å². The molecule has 1 N–H and O–H groups in total. The van der Waals surface area contributed by atoms with Crippen molar-refractivity contribution in [1.29, 1.82) is 0 Å². The molecule has 16 heavy (non-hydrogen) atoms. The molecule has 1 amide bonds. The lowest BCUT2D eigenvalue weighted by Crippen LogP contribution is -2.17. The Morgan fingerprint density at radius 1 is 1.44 bits per heavy atom. The highest BCUT2D eigenvalue weighted by Gasteiger charge is 2.31. The van der Waals surface area contributed by atoms with Crippen molar-refractivity contribution in [2.24, 2.45) is 0 Å². The van der Waals surface area contributed by atoms with Gasteiger partial charge in [0.05, 0.1) is 5.02 Å². The van der Waals surface area contributed by atoms with Crippen molar-refractivity contribution in [1.82, 2.24) is 5.32 Å². The fourth-order valence-electron chi connectivity index (χ4n) is 1.02. The summed E-state index contributed by atoms with van der Waals surface area (Å²) in [7, 11) is 0. The van der Waals surface area contributed by atoms with E-state index < -0.39 is 12.1 Å². The van der Waals surface area contributed by atoms with Crippen molar-refractivity contribution in [2.75, 3.05) is 0 Å². The molecule has 0 aliphatic carbocycles. The van der Waals surface area contributed by atoms with Gasteiger partial charge in [-0.05, 0) is 17.7 Å². The van der Waals surface area contributed by atoms with Crippen LogP contribution in [0.1, 0.15) is 5.56 Å². The van der Waals surface area contributed by atoms with Crippen molar-refractivity contribution in [3.63, 3.8) is 0 Å². The number of hydrogen-bond acceptors (Lipinski definition) is 2. The number of hydrogen-bond donors (Lipinski definition) is 1. The molecule has 0 heterocycles. The van der Waals surface area contributed by atoms with E-state index in [9.17, 15) is 18.0 Å². The van der Waals surface area contributed by atoms with Crippen LogP contribution < -0.4 is 10.1 Å². The molecule has 1 rings (SSSR count). The maximum absolute atomic E-state index is 11.9. The number of alkyl halides is 3. The van der Waals surface area contributed by atoms with Crippen LogP contribution in [-0.4, -0.2) is 12.8 Å². The zero-order valence-corrected chi connectivity index (χ0v) is 8.60. The predicted octanol–water partition coefficient (Wildman–Crippen LogP) is 2.48. The third-order valence-electron chi connectivity index (χ3n) is 1.61. The monoisotopic (exact) mass is 253 g/mol. The molecule has 0 aromatic heterocycles. The fourth-order valence-corrected chi connectivity index (χ4v) is 1.26. The summed E-state index contributed by atoms with van der Waals surface area (Å²) < 4.78 is 39.3. The summed E-state index contributed by atoms with van der Waals surface area (Å²) >= 11 is 5.57. The topological polar surface area (TPSA) is 38.3 Å². The molecule has 0 saturated heterocycles. The average Bonchev–Trinajstić information content (AvgIpc) is 2.17. The van der Waals surface area contributed by atoms with E-state index >= 15 is 0 Å². The minimum atomic E-state index is -4.77. The smallest absolute Gasteiger partial charge is 0.404 e. The molecule has 1 aromatic rings. The highest BCUT2D eigenvalue weighted by Crippen LogP contribution is 2.30. The number of carbonyl (C=O) groups excluding carboxylic acids is 1. The summed E-state index contributed by atoms with van der Waals surface area (Å²) in [6.45, 7) is 0.190. The molecule has 0 atom stereocenters. The summed E-state index contributed by atoms with van der Waals surface area (Å²) in [5, 5.41) is 2.19. The van der Waals surface area contributed by atoms with Gasteiger partial charge in [0.25, 0.3) is 0 Å². The van der Waals surface area contributed by atoms with Crippen LogP contribution in [0.25, 0.3) is 0 Å². The first-order chi connectivity index (χ1) is 7.42. The Kier molecular flexibility index (Phi) is 4.00. The number of rotatable bonds is 4. The number of nitrogens with one attached hydrogen (secondary N) is 1. The normalized spacial score (nSPS) is 11.0. The van der Waals surface area contributed by atoms with E-state index in [0.29, 0.717) is 12.0 Å². The third-order valence-corrected chi connectivity index (χ3v) is 1.91. The van der Waals surface area contributed by atoms with Gasteiger partial charge in [0.15, 0.2) is 0 Å². The van der Waals surface area contributed by atoms with E-state index in [1.54, 1.807) is 0 Å². The van der Waals surface area contributed by atoms with Crippen molar-refractivity contribution in [3.8, 4) is 5.75 Å². The van der Waals surface area contributed by atoms with Crippen LogP contribution >= 0.6 is 11.6 Å². The third kappa shape index (κ3) is 3.98. The van der Waals surface area contributed by atoms with Gasteiger partial charge in [-0.2, -0.15) is 0 Å². The van der Waals surface area contributed by atoms with Crippen LogP contribution in [0, 0.1) is 0 Å². The second-order valence-electron chi connectivity index (χ2n) is 2.81. The van der Waals surface area contributed by atoms with Crippen molar-refractivity contribution in [2.45, 2.75) is 12.9 Å². The number of amides is 1. The van der Waals surface area contributed by atoms with Gasteiger partial charge >= 0.3 is 6.36 Å². The quantitative estimate of drug-likeness (QED) is 0.837. The van der Waals surface area contributed by atoms with Gasteiger partial charge < -0.3 is 10.1 Å². The Morgan fingerprint density at radius 3 is 2.62 bits per heavy atom. The molecule has 88 valence electrons. The molecule has 7 heteroatoms. The molecule has 0 aliphatic rings. The first-order valence-corrected chi connectivity index (χ1v) is 4.51. The van der Waals surface area contributed by atoms with Gasteiger partial charge in [0, 0.05) is 6.54 Å². The average molecular weight is 254 g/mol. The van der Waals surface area contributed by atoms with E-state index in [1.165, 1.54) is 12.1 Å². The highest BCUT2D eigenvalue weighted by molar-refractivity contribution is 6.32.